The van der Waals surface area contributed by atoms with Crippen LogP contribution in [-0.4, -0.2) is 36.9 Å². The minimum absolute atomic E-state index is 0.387. The Morgan fingerprint density at radius 3 is 2.43 bits per heavy atom. The maximum atomic E-state index is 12.1. The van der Waals surface area contributed by atoms with Gasteiger partial charge in [-0.25, -0.2) is 0 Å². The van der Waals surface area contributed by atoms with Crippen LogP contribution in [-0.2, 0) is 9.59 Å². The molecule has 114 valence electrons. The lowest BCUT2D eigenvalue weighted by Crippen LogP contribution is -2.40. The van der Waals surface area contributed by atoms with Gasteiger partial charge in [-0.1, -0.05) is 24.4 Å². The molecule has 0 aromatic heterocycles. The smallest absolute Gasteiger partial charge is 0.313 e. The number of benzene rings is 1. The van der Waals surface area contributed by atoms with E-state index in [0.717, 1.165) is 25.7 Å². The van der Waals surface area contributed by atoms with Crippen molar-refractivity contribution in [3.63, 3.8) is 0 Å². The van der Waals surface area contributed by atoms with E-state index < -0.39 is 11.8 Å². The van der Waals surface area contributed by atoms with Crippen LogP contribution in [0.2, 0.25) is 5.02 Å². The Bertz CT molecular complexity index is 526. The number of hydrogen-bond donors (Lipinski definition) is 1. The van der Waals surface area contributed by atoms with Gasteiger partial charge in [0.25, 0.3) is 0 Å². The van der Waals surface area contributed by atoms with Gasteiger partial charge in [-0.3, -0.25) is 9.59 Å². The largest absolute Gasteiger partial charge is 0.495 e. The van der Waals surface area contributed by atoms with Gasteiger partial charge in [-0.05, 0) is 31.0 Å². The molecule has 0 spiro atoms. The standard InChI is InChI=1S/C15H19ClN2O3/c1-21-13-7-6-11(10-12(13)16)17-14(19)15(20)18-8-4-2-3-5-9-18/h6-7,10H,2-5,8-9H2,1H3,(H,17,19). The predicted molar refractivity (Wildman–Crippen MR) is 81.7 cm³/mol. The molecule has 1 heterocycles. The maximum absolute atomic E-state index is 12.1. The Morgan fingerprint density at radius 1 is 1.19 bits per heavy atom. The summed E-state index contributed by atoms with van der Waals surface area (Å²) in [7, 11) is 1.52. The van der Waals surface area contributed by atoms with Gasteiger partial charge in [-0.15, -0.1) is 0 Å². The highest BCUT2D eigenvalue weighted by Crippen LogP contribution is 2.27. The van der Waals surface area contributed by atoms with Crippen molar-refractivity contribution in [2.75, 3.05) is 25.5 Å². The molecule has 0 atom stereocenters. The Labute approximate surface area is 129 Å². The molecule has 0 radical (unpaired) electrons. The van der Waals surface area contributed by atoms with E-state index in [0.29, 0.717) is 29.5 Å². The van der Waals surface area contributed by atoms with Gasteiger partial charge >= 0.3 is 11.8 Å². The van der Waals surface area contributed by atoms with E-state index >= 15 is 0 Å². The molecule has 21 heavy (non-hydrogen) atoms. The number of ether oxygens (including phenoxy) is 1. The fourth-order valence-corrected chi connectivity index (χ4v) is 2.60. The van der Waals surface area contributed by atoms with Gasteiger partial charge in [0.2, 0.25) is 0 Å². The molecule has 5 nitrogen and oxygen atoms in total. The molecular formula is C15H19ClN2O3. The number of methoxy groups -OCH3 is 1. The van der Waals surface area contributed by atoms with E-state index in [1.807, 2.05) is 0 Å². The zero-order valence-electron chi connectivity index (χ0n) is 12.0. The molecule has 1 fully saturated rings. The second-order valence-electron chi connectivity index (χ2n) is 5.01. The molecule has 1 aliphatic heterocycles. The highest BCUT2D eigenvalue weighted by Gasteiger charge is 2.22. The molecule has 1 aromatic rings. The van der Waals surface area contributed by atoms with E-state index in [-0.39, 0.29) is 0 Å². The van der Waals surface area contributed by atoms with Crippen molar-refractivity contribution in [3.05, 3.63) is 23.2 Å². The number of carbonyl (C=O) groups is 2. The SMILES string of the molecule is COc1ccc(NC(=O)C(=O)N2CCCCCC2)cc1Cl. The molecule has 2 rings (SSSR count). The molecular weight excluding hydrogens is 292 g/mol. The number of likely N-dealkylation sites (tertiary alicyclic amines) is 1. The molecule has 0 saturated carbocycles. The third-order valence-electron chi connectivity index (χ3n) is 3.50. The third-order valence-corrected chi connectivity index (χ3v) is 3.79. The van der Waals surface area contributed by atoms with Gasteiger partial charge in [-0.2, -0.15) is 0 Å². The summed E-state index contributed by atoms with van der Waals surface area (Å²) in [6.07, 6.45) is 4.12. The second kappa shape index (κ2) is 7.31. The van der Waals surface area contributed by atoms with Gasteiger partial charge in [0, 0.05) is 18.8 Å². The van der Waals surface area contributed by atoms with Crippen molar-refractivity contribution >= 4 is 29.1 Å². The summed E-state index contributed by atoms with van der Waals surface area (Å²) in [6, 6.07) is 4.86. The summed E-state index contributed by atoms with van der Waals surface area (Å²) in [5, 5.41) is 2.97. The van der Waals surface area contributed by atoms with Crippen LogP contribution in [0.25, 0.3) is 0 Å². The number of hydrogen-bond acceptors (Lipinski definition) is 3. The zero-order chi connectivity index (χ0) is 15.2. The number of amides is 2. The van der Waals surface area contributed by atoms with Crippen molar-refractivity contribution in [1.29, 1.82) is 0 Å². The van der Waals surface area contributed by atoms with Crippen molar-refractivity contribution in [2.24, 2.45) is 0 Å². The summed E-state index contributed by atoms with van der Waals surface area (Å²) in [5.74, 6) is -0.588. The van der Waals surface area contributed by atoms with Crippen molar-refractivity contribution in [1.82, 2.24) is 4.90 Å². The van der Waals surface area contributed by atoms with E-state index in [1.165, 1.54) is 7.11 Å². The first-order valence-corrected chi connectivity index (χ1v) is 7.43. The minimum atomic E-state index is -0.627. The molecule has 1 N–H and O–H groups in total. The van der Waals surface area contributed by atoms with Crippen LogP contribution >= 0.6 is 11.6 Å². The molecule has 0 unspecified atom stereocenters. The molecule has 0 aliphatic carbocycles. The Balaban J connectivity index is 1.99. The van der Waals surface area contributed by atoms with E-state index in [2.05, 4.69) is 5.32 Å². The Kier molecular flexibility index (Phi) is 5.44. The van der Waals surface area contributed by atoms with E-state index in [1.54, 1.807) is 23.1 Å². The maximum Gasteiger partial charge on any atom is 0.313 e. The lowest BCUT2D eigenvalue weighted by Gasteiger charge is -2.19. The first-order chi connectivity index (χ1) is 10.1. The highest BCUT2D eigenvalue weighted by molar-refractivity contribution is 6.39. The number of anilines is 1. The topological polar surface area (TPSA) is 58.6 Å². The average molecular weight is 311 g/mol. The first-order valence-electron chi connectivity index (χ1n) is 7.05. The Hall–Kier alpha value is -1.75. The second-order valence-corrected chi connectivity index (χ2v) is 5.42. The monoisotopic (exact) mass is 310 g/mol. The number of nitrogens with one attached hydrogen (secondary N) is 1. The molecule has 1 aromatic carbocycles. The fraction of sp³-hybridized carbons (Fsp3) is 0.467. The highest BCUT2D eigenvalue weighted by atomic mass is 35.5. The van der Waals surface area contributed by atoms with Crippen LogP contribution in [0.3, 0.4) is 0 Å². The number of halogens is 1. The summed E-state index contributed by atoms with van der Waals surface area (Å²) in [4.78, 5) is 25.8. The van der Waals surface area contributed by atoms with Crippen LogP contribution in [0.15, 0.2) is 18.2 Å². The van der Waals surface area contributed by atoms with E-state index in [9.17, 15) is 9.59 Å². The Morgan fingerprint density at radius 2 is 1.86 bits per heavy atom. The van der Waals surface area contributed by atoms with Gasteiger partial charge in [0.1, 0.15) is 5.75 Å². The van der Waals surface area contributed by atoms with Crippen LogP contribution in [0.1, 0.15) is 25.7 Å². The van der Waals surface area contributed by atoms with Gasteiger partial charge < -0.3 is 15.0 Å². The quantitative estimate of drug-likeness (QED) is 0.854. The zero-order valence-corrected chi connectivity index (χ0v) is 12.8. The van der Waals surface area contributed by atoms with Gasteiger partial charge in [0.15, 0.2) is 0 Å². The molecule has 1 aliphatic rings. The van der Waals surface area contributed by atoms with Crippen LogP contribution in [0.5, 0.6) is 5.75 Å². The lowest BCUT2D eigenvalue weighted by molar-refractivity contribution is -0.143. The van der Waals surface area contributed by atoms with Gasteiger partial charge in [0.05, 0.1) is 12.1 Å². The van der Waals surface area contributed by atoms with Crippen LogP contribution in [0.4, 0.5) is 5.69 Å². The first kappa shape index (κ1) is 15.6. The number of nitrogens with zero attached hydrogens (tertiary/aromatic N) is 1. The van der Waals surface area contributed by atoms with Crippen molar-refractivity contribution in [2.45, 2.75) is 25.7 Å². The minimum Gasteiger partial charge on any atom is -0.495 e. The summed E-state index contributed by atoms with van der Waals surface area (Å²) < 4.78 is 5.04. The fourth-order valence-electron chi connectivity index (χ4n) is 2.35. The van der Waals surface area contributed by atoms with E-state index in [4.69, 9.17) is 16.3 Å². The summed E-state index contributed by atoms with van der Waals surface area (Å²) in [5.41, 5.74) is 0.481. The van der Waals surface area contributed by atoms with Crippen molar-refractivity contribution in [3.8, 4) is 5.75 Å². The molecule has 1 saturated heterocycles. The molecule has 6 heteroatoms. The average Bonchev–Trinajstić information content (AvgIpc) is 2.75. The predicted octanol–water partition coefficient (Wildman–Crippen LogP) is 2.69. The number of carbonyl (C=O) groups excluding carboxylic acids is 2. The summed E-state index contributed by atoms with van der Waals surface area (Å²) in [6.45, 7) is 1.30. The third kappa shape index (κ3) is 4.11. The molecule has 0 bridgehead atoms. The lowest BCUT2D eigenvalue weighted by atomic mass is 10.2. The van der Waals surface area contributed by atoms with Crippen LogP contribution in [0, 0.1) is 0 Å². The summed E-state index contributed by atoms with van der Waals surface area (Å²) >= 11 is 5.99. The van der Waals surface area contributed by atoms with Crippen LogP contribution < -0.4 is 10.1 Å². The normalized spacial score (nSPS) is 15.2. The van der Waals surface area contributed by atoms with Crippen molar-refractivity contribution < 1.29 is 14.3 Å². The molecule has 2 amide bonds. The number of rotatable bonds is 2.